The van der Waals surface area contributed by atoms with Crippen LogP contribution in [-0.2, 0) is 4.79 Å². The minimum absolute atomic E-state index is 0.0486. The molecule has 3 unspecified atom stereocenters. The lowest BCUT2D eigenvalue weighted by atomic mass is 9.60. The molecule has 1 saturated carbocycles. The zero-order chi connectivity index (χ0) is 15.6. The van der Waals surface area contributed by atoms with E-state index in [9.17, 15) is 4.79 Å². The molecule has 0 spiro atoms. The van der Waals surface area contributed by atoms with Crippen molar-refractivity contribution < 1.29 is 4.79 Å². The number of hydrogen-bond donors (Lipinski definition) is 1. The summed E-state index contributed by atoms with van der Waals surface area (Å²) in [6, 6.07) is 10.2. The summed E-state index contributed by atoms with van der Waals surface area (Å²) in [6.45, 7) is 9.31. The van der Waals surface area contributed by atoms with Gasteiger partial charge < -0.3 is 10.6 Å². The predicted molar refractivity (Wildman–Crippen MR) is 88.1 cm³/mol. The SMILES string of the molecule is CCN(C(=O)C1CCC(N)C(C)C1(C)C)c1ccccc1. The summed E-state index contributed by atoms with van der Waals surface area (Å²) in [7, 11) is 0. The van der Waals surface area contributed by atoms with Gasteiger partial charge in [-0.25, -0.2) is 0 Å². The second-order valence-electron chi connectivity index (χ2n) is 6.82. The van der Waals surface area contributed by atoms with E-state index in [1.165, 1.54) is 0 Å². The van der Waals surface area contributed by atoms with E-state index in [0.29, 0.717) is 12.5 Å². The zero-order valence-electron chi connectivity index (χ0n) is 13.7. The van der Waals surface area contributed by atoms with Crippen molar-refractivity contribution in [1.29, 1.82) is 0 Å². The quantitative estimate of drug-likeness (QED) is 0.926. The summed E-state index contributed by atoms with van der Waals surface area (Å²) < 4.78 is 0. The standard InChI is InChI=1S/C18H28N2O/c1-5-20(14-9-7-6-8-10-14)17(21)15-11-12-16(19)13(2)18(15,3)4/h6-10,13,15-16H,5,11-12,19H2,1-4H3. The van der Waals surface area contributed by atoms with Gasteiger partial charge in [0.25, 0.3) is 0 Å². The van der Waals surface area contributed by atoms with Gasteiger partial charge in [0.1, 0.15) is 0 Å². The maximum Gasteiger partial charge on any atom is 0.230 e. The highest BCUT2D eigenvalue weighted by atomic mass is 16.2. The Balaban J connectivity index is 2.26. The van der Waals surface area contributed by atoms with Crippen LogP contribution in [0.25, 0.3) is 0 Å². The first kappa shape index (κ1) is 16.0. The van der Waals surface area contributed by atoms with Gasteiger partial charge in [0, 0.05) is 24.2 Å². The van der Waals surface area contributed by atoms with E-state index in [1.54, 1.807) is 0 Å². The van der Waals surface area contributed by atoms with E-state index in [-0.39, 0.29) is 23.3 Å². The van der Waals surface area contributed by atoms with E-state index in [1.807, 2.05) is 42.2 Å². The molecule has 1 aliphatic rings. The third-order valence-corrected chi connectivity index (χ3v) is 5.45. The minimum atomic E-state index is -0.0586. The zero-order valence-corrected chi connectivity index (χ0v) is 13.7. The molecule has 3 heteroatoms. The lowest BCUT2D eigenvalue weighted by molar-refractivity contribution is -0.129. The van der Waals surface area contributed by atoms with Crippen LogP contribution in [0, 0.1) is 17.3 Å². The van der Waals surface area contributed by atoms with Crippen LogP contribution in [0.3, 0.4) is 0 Å². The molecule has 0 aliphatic heterocycles. The number of para-hydroxylation sites is 1. The fraction of sp³-hybridized carbons (Fsp3) is 0.611. The van der Waals surface area contributed by atoms with Crippen molar-refractivity contribution in [2.75, 3.05) is 11.4 Å². The van der Waals surface area contributed by atoms with Crippen LogP contribution in [0.4, 0.5) is 5.69 Å². The predicted octanol–water partition coefficient (Wildman–Crippen LogP) is 3.44. The van der Waals surface area contributed by atoms with Crippen LogP contribution >= 0.6 is 0 Å². The largest absolute Gasteiger partial charge is 0.327 e. The monoisotopic (exact) mass is 288 g/mol. The maximum absolute atomic E-state index is 13.1. The van der Waals surface area contributed by atoms with Crippen molar-refractivity contribution in [3.05, 3.63) is 30.3 Å². The first-order valence-corrected chi connectivity index (χ1v) is 8.01. The number of nitrogens with zero attached hydrogens (tertiary/aromatic N) is 1. The number of carbonyl (C=O) groups excluding carboxylic acids is 1. The summed E-state index contributed by atoms with van der Waals surface area (Å²) >= 11 is 0. The number of nitrogens with two attached hydrogens (primary N) is 1. The summed E-state index contributed by atoms with van der Waals surface area (Å²) in [5.41, 5.74) is 7.14. The van der Waals surface area contributed by atoms with Gasteiger partial charge in [-0.05, 0) is 43.2 Å². The van der Waals surface area contributed by atoms with Crippen LogP contribution in [0.2, 0.25) is 0 Å². The fourth-order valence-electron chi connectivity index (χ4n) is 3.55. The minimum Gasteiger partial charge on any atom is -0.327 e. The Morgan fingerprint density at radius 3 is 2.48 bits per heavy atom. The molecule has 1 aromatic carbocycles. The van der Waals surface area contributed by atoms with Gasteiger partial charge in [0.15, 0.2) is 0 Å². The Morgan fingerprint density at radius 2 is 1.90 bits per heavy atom. The molecule has 0 aromatic heterocycles. The van der Waals surface area contributed by atoms with Crippen LogP contribution in [-0.4, -0.2) is 18.5 Å². The van der Waals surface area contributed by atoms with E-state index >= 15 is 0 Å². The second kappa shape index (κ2) is 6.18. The van der Waals surface area contributed by atoms with Crippen molar-refractivity contribution in [2.45, 2.75) is 46.6 Å². The molecule has 1 aromatic rings. The average Bonchev–Trinajstić information content (AvgIpc) is 2.46. The average molecular weight is 288 g/mol. The Labute approximate surface area is 128 Å². The molecule has 0 radical (unpaired) electrons. The molecule has 3 nitrogen and oxygen atoms in total. The Bertz CT molecular complexity index is 483. The normalized spacial score (nSPS) is 28.1. The molecular formula is C18H28N2O. The van der Waals surface area contributed by atoms with Crippen LogP contribution in [0.15, 0.2) is 30.3 Å². The highest BCUT2D eigenvalue weighted by Crippen LogP contribution is 2.45. The highest BCUT2D eigenvalue weighted by Gasteiger charge is 2.46. The molecular weight excluding hydrogens is 260 g/mol. The summed E-state index contributed by atoms with van der Waals surface area (Å²) in [6.07, 6.45) is 1.83. The summed E-state index contributed by atoms with van der Waals surface area (Å²) in [5, 5.41) is 0. The van der Waals surface area contributed by atoms with Crippen LogP contribution < -0.4 is 10.6 Å². The number of carbonyl (C=O) groups is 1. The molecule has 0 heterocycles. The second-order valence-corrected chi connectivity index (χ2v) is 6.82. The molecule has 1 fully saturated rings. The van der Waals surface area contributed by atoms with Gasteiger partial charge >= 0.3 is 0 Å². The van der Waals surface area contributed by atoms with E-state index < -0.39 is 0 Å². The Morgan fingerprint density at radius 1 is 1.29 bits per heavy atom. The molecule has 0 bridgehead atoms. The van der Waals surface area contributed by atoms with Gasteiger partial charge in [0.05, 0.1) is 0 Å². The first-order chi connectivity index (χ1) is 9.89. The number of benzene rings is 1. The number of anilines is 1. The molecule has 116 valence electrons. The molecule has 2 N–H and O–H groups in total. The third-order valence-electron chi connectivity index (χ3n) is 5.45. The van der Waals surface area contributed by atoms with Crippen molar-refractivity contribution in [3.63, 3.8) is 0 Å². The smallest absolute Gasteiger partial charge is 0.230 e. The Hall–Kier alpha value is -1.35. The van der Waals surface area contributed by atoms with E-state index in [2.05, 4.69) is 20.8 Å². The number of rotatable bonds is 3. The first-order valence-electron chi connectivity index (χ1n) is 8.01. The van der Waals surface area contributed by atoms with Gasteiger partial charge in [-0.15, -0.1) is 0 Å². The number of amides is 1. The van der Waals surface area contributed by atoms with Gasteiger partial charge in [-0.2, -0.15) is 0 Å². The van der Waals surface area contributed by atoms with Crippen molar-refractivity contribution in [1.82, 2.24) is 0 Å². The molecule has 21 heavy (non-hydrogen) atoms. The Kier molecular flexibility index (Phi) is 4.72. The molecule has 3 atom stereocenters. The summed E-state index contributed by atoms with van der Waals surface area (Å²) in [4.78, 5) is 15.0. The molecule has 2 rings (SSSR count). The van der Waals surface area contributed by atoms with Crippen molar-refractivity contribution >= 4 is 11.6 Å². The van der Waals surface area contributed by atoms with Gasteiger partial charge in [0.2, 0.25) is 5.91 Å². The topological polar surface area (TPSA) is 46.3 Å². The summed E-state index contributed by atoms with van der Waals surface area (Å²) in [5.74, 6) is 0.648. The van der Waals surface area contributed by atoms with E-state index in [0.717, 1.165) is 18.5 Å². The lowest BCUT2D eigenvalue weighted by Crippen LogP contribution is -2.52. The lowest BCUT2D eigenvalue weighted by Gasteiger charge is -2.47. The van der Waals surface area contributed by atoms with Crippen molar-refractivity contribution in [3.8, 4) is 0 Å². The highest BCUT2D eigenvalue weighted by molar-refractivity contribution is 5.95. The molecule has 1 amide bonds. The van der Waals surface area contributed by atoms with E-state index in [4.69, 9.17) is 5.73 Å². The van der Waals surface area contributed by atoms with Gasteiger partial charge in [-0.3, -0.25) is 4.79 Å². The van der Waals surface area contributed by atoms with Crippen LogP contribution in [0.5, 0.6) is 0 Å². The molecule has 0 saturated heterocycles. The fourth-order valence-corrected chi connectivity index (χ4v) is 3.55. The van der Waals surface area contributed by atoms with Gasteiger partial charge in [-0.1, -0.05) is 39.0 Å². The van der Waals surface area contributed by atoms with Crippen molar-refractivity contribution in [2.24, 2.45) is 23.0 Å². The number of hydrogen-bond acceptors (Lipinski definition) is 2. The molecule has 1 aliphatic carbocycles. The third kappa shape index (κ3) is 2.98. The maximum atomic E-state index is 13.1. The van der Waals surface area contributed by atoms with Crippen LogP contribution in [0.1, 0.15) is 40.5 Å².